The zero-order chi connectivity index (χ0) is 22.2. The van der Waals surface area contributed by atoms with Gasteiger partial charge < -0.3 is 14.3 Å². The summed E-state index contributed by atoms with van der Waals surface area (Å²) in [6, 6.07) is 17.0. The van der Waals surface area contributed by atoms with E-state index in [1.165, 1.54) is 0 Å². The number of benzene rings is 2. The van der Waals surface area contributed by atoms with Gasteiger partial charge in [0, 0.05) is 42.3 Å². The number of likely N-dealkylation sites (tertiary alicyclic amines) is 1. The SMILES string of the molecule is C[N+]1(CCc2ccncn2)CCC(OC(=O)C2(O)c3ccccc3-c3ccccc32)CC1. The summed E-state index contributed by atoms with van der Waals surface area (Å²) in [6.45, 7) is 2.84. The third-order valence-electron chi connectivity index (χ3n) is 7.03. The molecule has 1 saturated heterocycles. The summed E-state index contributed by atoms with van der Waals surface area (Å²) in [5, 5.41) is 11.6. The van der Waals surface area contributed by atoms with E-state index in [1.807, 2.05) is 54.6 Å². The molecule has 6 nitrogen and oxygen atoms in total. The lowest BCUT2D eigenvalue weighted by Crippen LogP contribution is -2.53. The van der Waals surface area contributed by atoms with E-state index < -0.39 is 11.6 Å². The molecular formula is C26H28N3O3+. The number of carbonyl (C=O) groups excluding carboxylic acids is 1. The molecule has 32 heavy (non-hydrogen) atoms. The molecule has 0 amide bonds. The van der Waals surface area contributed by atoms with Gasteiger partial charge in [-0.1, -0.05) is 48.5 Å². The number of aromatic nitrogens is 2. The first kappa shape index (κ1) is 20.8. The Morgan fingerprint density at radius 3 is 2.28 bits per heavy atom. The lowest BCUT2D eigenvalue weighted by Gasteiger charge is -2.40. The van der Waals surface area contributed by atoms with Crippen molar-refractivity contribution in [2.75, 3.05) is 26.7 Å². The number of quaternary nitrogens is 1. The van der Waals surface area contributed by atoms with Crippen LogP contribution in [0, 0.1) is 0 Å². The van der Waals surface area contributed by atoms with Gasteiger partial charge in [0.1, 0.15) is 12.4 Å². The molecule has 0 spiro atoms. The normalized spacial score (nSPS) is 23.2. The number of piperidine rings is 1. The van der Waals surface area contributed by atoms with Crippen molar-refractivity contribution >= 4 is 5.97 Å². The number of fused-ring (bicyclic) bond motifs is 3. The van der Waals surface area contributed by atoms with E-state index >= 15 is 0 Å². The van der Waals surface area contributed by atoms with Crippen LogP contribution >= 0.6 is 0 Å². The smallest absolute Gasteiger partial charge is 0.348 e. The molecule has 0 saturated carbocycles. The van der Waals surface area contributed by atoms with Crippen molar-refractivity contribution in [1.82, 2.24) is 9.97 Å². The molecule has 0 radical (unpaired) electrons. The van der Waals surface area contributed by atoms with E-state index in [1.54, 1.807) is 12.5 Å². The lowest BCUT2D eigenvalue weighted by atomic mass is 9.91. The van der Waals surface area contributed by atoms with Gasteiger partial charge in [0.25, 0.3) is 0 Å². The quantitative estimate of drug-likeness (QED) is 0.498. The first-order valence-electron chi connectivity index (χ1n) is 11.2. The van der Waals surface area contributed by atoms with Crippen molar-refractivity contribution in [2.24, 2.45) is 0 Å². The molecule has 1 aliphatic carbocycles. The second kappa shape index (κ2) is 8.11. The van der Waals surface area contributed by atoms with Gasteiger partial charge in [0.05, 0.1) is 26.7 Å². The minimum atomic E-state index is -1.75. The van der Waals surface area contributed by atoms with Crippen molar-refractivity contribution in [2.45, 2.75) is 31.0 Å². The molecule has 1 aliphatic heterocycles. The van der Waals surface area contributed by atoms with E-state index in [-0.39, 0.29) is 6.10 Å². The van der Waals surface area contributed by atoms with E-state index in [4.69, 9.17) is 4.74 Å². The average molecular weight is 431 g/mol. The summed E-state index contributed by atoms with van der Waals surface area (Å²) < 4.78 is 6.85. The molecule has 164 valence electrons. The van der Waals surface area contributed by atoms with Crippen molar-refractivity contribution in [1.29, 1.82) is 0 Å². The highest BCUT2D eigenvalue weighted by Crippen LogP contribution is 2.48. The summed E-state index contributed by atoms with van der Waals surface area (Å²) in [5.74, 6) is -0.572. The lowest BCUT2D eigenvalue weighted by molar-refractivity contribution is -0.914. The maximum Gasteiger partial charge on any atom is 0.348 e. The van der Waals surface area contributed by atoms with Crippen LogP contribution in [0.2, 0.25) is 0 Å². The van der Waals surface area contributed by atoms with Crippen molar-refractivity contribution < 1.29 is 19.1 Å². The molecule has 1 fully saturated rings. The minimum Gasteiger partial charge on any atom is -0.459 e. The summed E-state index contributed by atoms with van der Waals surface area (Å²) in [5.41, 5.74) is 2.28. The van der Waals surface area contributed by atoms with E-state index in [9.17, 15) is 9.90 Å². The van der Waals surface area contributed by atoms with Crippen molar-refractivity contribution in [3.8, 4) is 11.1 Å². The van der Waals surface area contributed by atoms with Crippen LogP contribution < -0.4 is 0 Å². The summed E-state index contributed by atoms with van der Waals surface area (Å²) in [4.78, 5) is 21.6. The number of aliphatic hydroxyl groups is 1. The fraction of sp³-hybridized carbons (Fsp3) is 0.346. The predicted molar refractivity (Wildman–Crippen MR) is 121 cm³/mol. The second-order valence-electron chi connectivity index (χ2n) is 9.15. The average Bonchev–Trinajstić information content (AvgIpc) is 3.10. The largest absolute Gasteiger partial charge is 0.459 e. The number of hydrogen-bond donors (Lipinski definition) is 1. The number of carbonyl (C=O) groups is 1. The van der Waals surface area contributed by atoms with Crippen molar-refractivity contribution in [3.63, 3.8) is 0 Å². The van der Waals surface area contributed by atoms with E-state index in [0.717, 1.165) is 60.2 Å². The Labute approximate surface area is 188 Å². The molecule has 0 bridgehead atoms. The molecule has 3 aromatic rings. The number of likely N-dealkylation sites (N-methyl/N-ethyl adjacent to an activating group) is 1. The van der Waals surface area contributed by atoms with Gasteiger partial charge in [0.2, 0.25) is 5.60 Å². The van der Waals surface area contributed by atoms with Gasteiger partial charge >= 0.3 is 5.97 Å². The molecule has 6 heteroatoms. The topological polar surface area (TPSA) is 72.3 Å². The highest BCUT2D eigenvalue weighted by molar-refractivity contribution is 5.96. The van der Waals surface area contributed by atoms with Crippen LogP contribution in [0.4, 0.5) is 0 Å². The van der Waals surface area contributed by atoms with Gasteiger partial charge in [0.15, 0.2) is 0 Å². The zero-order valence-electron chi connectivity index (χ0n) is 18.3. The fourth-order valence-corrected chi connectivity index (χ4v) is 5.03. The molecule has 0 unspecified atom stereocenters. The van der Waals surface area contributed by atoms with Crippen LogP contribution in [0.15, 0.2) is 67.1 Å². The van der Waals surface area contributed by atoms with Gasteiger partial charge in [-0.3, -0.25) is 0 Å². The van der Waals surface area contributed by atoms with Gasteiger partial charge in [-0.05, 0) is 17.2 Å². The Morgan fingerprint density at radius 2 is 1.69 bits per heavy atom. The van der Waals surface area contributed by atoms with Crippen LogP contribution in [0.1, 0.15) is 29.7 Å². The summed E-state index contributed by atoms with van der Waals surface area (Å²) >= 11 is 0. The molecule has 0 atom stereocenters. The fourth-order valence-electron chi connectivity index (χ4n) is 5.03. The Balaban J connectivity index is 1.26. The monoisotopic (exact) mass is 430 g/mol. The maximum absolute atomic E-state index is 13.3. The molecule has 2 aromatic carbocycles. The highest BCUT2D eigenvalue weighted by Gasteiger charge is 2.50. The Hall–Kier alpha value is -3.09. The first-order valence-corrected chi connectivity index (χ1v) is 11.2. The molecule has 1 aromatic heterocycles. The standard InChI is InChI=1S/C26H28N3O3/c1-29(15-11-19-10-14-27-18-28-19)16-12-20(13-17-29)32-25(30)26(31)23-8-4-2-6-21(23)22-7-3-5-9-24(22)26/h2-10,14,18,20,31H,11-13,15-17H2,1H3/q+1. The van der Waals surface area contributed by atoms with Crippen LogP contribution in [0.5, 0.6) is 0 Å². The molecule has 2 heterocycles. The van der Waals surface area contributed by atoms with Gasteiger partial charge in [-0.15, -0.1) is 0 Å². The molecule has 2 aliphatic rings. The summed E-state index contributed by atoms with van der Waals surface area (Å²) in [6.07, 6.45) is 5.65. The minimum absolute atomic E-state index is 0.184. The number of ether oxygens (including phenoxy) is 1. The Morgan fingerprint density at radius 1 is 1.06 bits per heavy atom. The van der Waals surface area contributed by atoms with Crippen LogP contribution in [0.3, 0.4) is 0 Å². The predicted octanol–water partition coefficient (Wildman–Crippen LogP) is 3.09. The van der Waals surface area contributed by atoms with E-state index in [0.29, 0.717) is 11.1 Å². The zero-order valence-corrected chi connectivity index (χ0v) is 18.3. The Bertz CT molecular complexity index is 1080. The molecule has 5 rings (SSSR count). The summed E-state index contributed by atoms with van der Waals surface area (Å²) in [7, 11) is 2.25. The van der Waals surface area contributed by atoms with Crippen molar-refractivity contribution in [3.05, 3.63) is 83.9 Å². The van der Waals surface area contributed by atoms with Crippen LogP contribution in [-0.4, -0.2) is 58.3 Å². The number of rotatable bonds is 5. The number of hydrogen-bond acceptors (Lipinski definition) is 5. The third-order valence-corrected chi connectivity index (χ3v) is 7.03. The van der Waals surface area contributed by atoms with E-state index in [2.05, 4.69) is 17.0 Å². The number of esters is 1. The second-order valence-corrected chi connectivity index (χ2v) is 9.15. The van der Waals surface area contributed by atoms with Crippen LogP contribution in [-0.2, 0) is 21.6 Å². The number of nitrogens with zero attached hydrogens (tertiary/aromatic N) is 3. The Kier molecular flexibility index (Phi) is 5.27. The highest BCUT2D eigenvalue weighted by atomic mass is 16.6. The van der Waals surface area contributed by atoms with Crippen LogP contribution in [0.25, 0.3) is 11.1 Å². The molecule has 1 N–H and O–H groups in total. The maximum atomic E-state index is 13.3. The first-order chi connectivity index (χ1) is 15.5. The van der Waals surface area contributed by atoms with Gasteiger partial charge in [-0.2, -0.15) is 0 Å². The third kappa shape index (κ3) is 3.59. The molecular weight excluding hydrogens is 402 g/mol. The van der Waals surface area contributed by atoms with Gasteiger partial charge in [-0.25, -0.2) is 14.8 Å².